The number of nitrogens with one attached hydrogen (secondary N) is 1. The molecule has 0 radical (unpaired) electrons. The molecular weight excluding hydrogens is 340 g/mol. The van der Waals surface area contributed by atoms with Crippen molar-refractivity contribution in [3.8, 4) is 0 Å². The molecule has 2 N–H and O–H groups in total. The van der Waals surface area contributed by atoms with Gasteiger partial charge in [0.05, 0.1) is 23.5 Å². The molecule has 2 fully saturated rings. The Kier molecular flexibility index (Phi) is 3.86. The Morgan fingerprint density at radius 2 is 1.95 bits per heavy atom. The quantitative estimate of drug-likeness (QED) is 0.855. The highest BCUT2D eigenvalue weighted by atomic mass is 79.9. The molecule has 2 bridgehead atoms. The van der Waals surface area contributed by atoms with Crippen LogP contribution in [0.25, 0.3) is 0 Å². The molecule has 112 valence electrons. The fraction of sp³-hybridized carbons (Fsp3) is 0.429. The van der Waals surface area contributed by atoms with Crippen LogP contribution in [0.4, 0.5) is 10.5 Å². The first-order valence-electron chi connectivity index (χ1n) is 6.78. The fourth-order valence-electron chi connectivity index (χ4n) is 2.80. The number of likely N-dealkylation sites (tertiary alicyclic amines) is 1. The predicted octanol–water partition coefficient (Wildman–Crippen LogP) is 2.54. The highest BCUT2D eigenvalue weighted by Gasteiger charge is 2.36. The average molecular weight is 355 g/mol. The van der Waals surface area contributed by atoms with Gasteiger partial charge in [-0.15, -0.1) is 0 Å². The van der Waals surface area contributed by atoms with Gasteiger partial charge in [0.2, 0.25) is 0 Å². The number of hydrogen-bond donors (Lipinski definition) is 2. The smallest absolute Gasteiger partial charge is 0.337 e. The van der Waals surface area contributed by atoms with Gasteiger partial charge in [0.25, 0.3) is 0 Å². The van der Waals surface area contributed by atoms with E-state index in [9.17, 15) is 14.7 Å². The van der Waals surface area contributed by atoms with Crippen molar-refractivity contribution in [2.24, 2.45) is 0 Å². The van der Waals surface area contributed by atoms with Crippen LogP contribution < -0.4 is 5.32 Å². The topological polar surface area (TPSA) is 78.9 Å². The van der Waals surface area contributed by atoms with Crippen LogP contribution in [-0.4, -0.2) is 47.3 Å². The predicted molar refractivity (Wildman–Crippen MR) is 79.6 cm³/mol. The summed E-state index contributed by atoms with van der Waals surface area (Å²) < 4.78 is 6.24. The van der Waals surface area contributed by atoms with Crippen molar-refractivity contribution in [2.45, 2.75) is 25.0 Å². The van der Waals surface area contributed by atoms with E-state index in [0.717, 1.165) is 12.8 Å². The summed E-state index contributed by atoms with van der Waals surface area (Å²) in [5, 5.41) is 11.9. The zero-order chi connectivity index (χ0) is 15.0. The zero-order valence-electron chi connectivity index (χ0n) is 11.2. The number of aromatic carboxylic acids is 1. The number of hydrogen-bond acceptors (Lipinski definition) is 3. The monoisotopic (exact) mass is 354 g/mol. The van der Waals surface area contributed by atoms with Gasteiger partial charge in [0, 0.05) is 17.6 Å². The Labute approximate surface area is 130 Å². The fourth-order valence-corrected chi connectivity index (χ4v) is 3.26. The number of morpholine rings is 1. The van der Waals surface area contributed by atoms with E-state index in [2.05, 4.69) is 21.2 Å². The summed E-state index contributed by atoms with van der Waals surface area (Å²) in [5.74, 6) is -1.08. The van der Waals surface area contributed by atoms with Crippen LogP contribution in [-0.2, 0) is 4.74 Å². The number of amides is 2. The molecule has 6 nitrogen and oxygen atoms in total. The van der Waals surface area contributed by atoms with E-state index in [1.165, 1.54) is 6.07 Å². The van der Waals surface area contributed by atoms with Gasteiger partial charge in [-0.25, -0.2) is 9.59 Å². The van der Waals surface area contributed by atoms with Gasteiger partial charge in [0.1, 0.15) is 0 Å². The molecule has 1 aromatic rings. The van der Waals surface area contributed by atoms with E-state index in [-0.39, 0.29) is 29.5 Å². The van der Waals surface area contributed by atoms with Crippen molar-refractivity contribution >= 4 is 33.6 Å². The summed E-state index contributed by atoms with van der Waals surface area (Å²) in [7, 11) is 0. The largest absolute Gasteiger partial charge is 0.478 e. The second-order valence-corrected chi connectivity index (χ2v) is 6.11. The SMILES string of the molecule is O=C(O)c1cccc(Br)c1NC(=O)N1CC2CCC(C1)O2. The Morgan fingerprint density at radius 1 is 1.29 bits per heavy atom. The van der Waals surface area contributed by atoms with E-state index in [1.54, 1.807) is 17.0 Å². The molecule has 7 heteroatoms. The third kappa shape index (κ3) is 2.89. The number of fused-ring (bicyclic) bond motifs is 2. The lowest BCUT2D eigenvalue weighted by Crippen LogP contribution is -2.47. The summed E-state index contributed by atoms with van der Waals surface area (Å²) in [4.78, 5) is 25.3. The highest BCUT2D eigenvalue weighted by molar-refractivity contribution is 9.10. The number of ether oxygens (including phenoxy) is 1. The second kappa shape index (κ2) is 5.65. The first kappa shape index (κ1) is 14.3. The van der Waals surface area contributed by atoms with Gasteiger partial charge >= 0.3 is 12.0 Å². The van der Waals surface area contributed by atoms with Gasteiger partial charge in [-0.05, 0) is 40.9 Å². The minimum Gasteiger partial charge on any atom is -0.478 e. The number of nitrogens with zero attached hydrogens (tertiary/aromatic N) is 1. The molecule has 2 aliphatic rings. The van der Waals surface area contributed by atoms with Gasteiger partial charge in [-0.2, -0.15) is 0 Å². The first-order chi connectivity index (χ1) is 10.0. The highest BCUT2D eigenvalue weighted by Crippen LogP contribution is 2.29. The van der Waals surface area contributed by atoms with Crippen molar-refractivity contribution in [2.75, 3.05) is 18.4 Å². The maximum absolute atomic E-state index is 12.4. The zero-order valence-corrected chi connectivity index (χ0v) is 12.8. The second-order valence-electron chi connectivity index (χ2n) is 5.26. The van der Waals surface area contributed by atoms with Gasteiger partial charge < -0.3 is 20.1 Å². The normalized spacial score (nSPS) is 24.0. The Morgan fingerprint density at radius 3 is 2.57 bits per heavy atom. The minimum absolute atomic E-state index is 0.0638. The molecule has 2 aliphatic heterocycles. The van der Waals surface area contributed by atoms with Crippen LogP contribution in [0, 0.1) is 0 Å². The number of carbonyl (C=O) groups excluding carboxylic acids is 1. The molecule has 1 aromatic carbocycles. The van der Waals surface area contributed by atoms with Crippen LogP contribution in [0.15, 0.2) is 22.7 Å². The minimum atomic E-state index is -1.08. The number of halogens is 1. The summed E-state index contributed by atoms with van der Waals surface area (Å²) in [6.45, 7) is 1.10. The molecule has 21 heavy (non-hydrogen) atoms. The van der Waals surface area contributed by atoms with Crippen molar-refractivity contribution in [1.82, 2.24) is 4.90 Å². The molecule has 0 aliphatic carbocycles. The van der Waals surface area contributed by atoms with Crippen molar-refractivity contribution in [3.05, 3.63) is 28.2 Å². The number of carboxylic acids is 1. The third-order valence-corrected chi connectivity index (χ3v) is 4.47. The van der Waals surface area contributed by atoms with E-state index in [0.29, 0.717) is 17.6 Å². The molecule has 2 atom stereocenters. The number of urea groups is 1. The van der Waals surface area contributed by atoms with E-state index in [4.69, 9.17) is 4.74 Å². The molecule has 0 spiro atoms. The van der Waals surface area contributed by atoms with E-state index in [1.807, 2.05) is 0 Å². The van der Waals surface area contributed by atoms with E-state index >= 15 is 0 Å². The molecule has 2 amide bonds. The van der Waals surface area contributed by atoms with Gasteiger partial charge in [0.15, 0.2) is 0 Å². The summed E-state index contributed by atoms with van der Waals surface area (Å²) >= 11 is 3.28. The molecule has 0 aromatic heterocycles. The summed E-state index contributed by atoms with van der Waals surface area (Å²) in [5.41, 5.74) is 0.350. The Hall–Kier alpha value is -1.60. The van der Waals surface area contributed by atoms with Gasteiger partial charge in [-0.1, -0.05) is 6.07 Å². The van der Waals surface area contributed by atoms with Crippen LogP contribution >= 0.6 is 15.9 Å². The number of carboxylic acid groups (broad SMARTS) is 1. The summed E-state index contributed by atoms with van der Waals surface area (Å²) in [6, 6.07) is 4.50. The first-order valence-corrected chi connectivity index (χ1v) is 7.57. The van der Waals surface area contributed by atoms with Crippen LogP contribution in [0.1, 0.15) is 23.2 Å². The van der Waals surface area contributed by atoms with Crippen LogP contribution in [0.5, 0.6) is 0 Å². The molecule has 2 unspecified atom stereocenters. The average Bonchev–Trinajstić information content (AvgIpc) is 2.79. The number of benzene rings is 1. The van der Waals surface area contributed by atoms with Crippen molar-refractivity contribution < 1.29 is 19.4 Å². The van der Waals surface area contributed by atoms with Crippen molar-refractivity contribution in [1.29, 1.82) is 0 Å². The molecule has 2 saturated heterocycles. The lowest BCUT2D eigenvalue weighted by Gasteiger charge is -2.32. The third-order valence-electron chi connectivity index (χ3n) is 3.81. The molecule has 3 rings (SSSR count). The Bertz CT molecular complexity index is 580. The summed E-state index contributed by atoms with van der Waals surface area (Å²) in [6.07, 6.45) is 2.16. The lowest BCUT2D eigenvalue weighted by atomic mass is 10.2. The maximum atomic E-state index is 12.4. The number of para-hydroxylation sites is 1. The van der Waals surface area contributed by atoms with Crippen LogP contribution in [0.2, 0.25) is 0 Å². The molecular formula is C14H15BrN2O4. The maximum Gasteiger partial charge on any atom is 0.337 e. The number of carbonyl (C=O) groups is 2. The van der Waals surface area contributed by atoms with Crippen LogP contribution in [0.3, 0.4) is 0 Å². The molecule has 2 heterocycles. The van der Waals surface area contributed by atoms with E-state index < -0.39 is 5.97 Å². The number of anilines is 1. The lowest BCUT2D eigenvalue weighted by molar-refractivity contribution is -0.0219. The standard InChI is InChI=1S/C14H15BrN2O4/c15-11-3-1-2-10(13(18)19)12(11)16-14(20)17-6-8-4-5-9(7-17)21-8/h1-3,8-9H,4-7H2,(H,16,20)(H,18,19). The Balaban J connectivity index is 1.77. The number of rotatable bonds is 2. The molecule has 0 saturated carbocycles. The van der Waals surface area contributed by atoms with Crippen molar-refractivity contribution in [3.63, 3.8) is 0 Å². The van der Waals surface area contributed by atoms with Gasteiger partial charge in [-0.3, -0.25) is 0 Å².